The predicted octanol–water partition coefficient (Wildman–Crippen LogP) is 2.94. The number of rotatable bonds is 3. The van der Waals surface area contributed by atoms with Crippen LogP contribution in [0, 0.1) is 5.92 Å². The first-order valence-corrected chi connectivity index (χ1v) is 7.37. The predicted molar refractivity (Wildman–Crippen MR) is 74.2 cm³/mol. The van der Waals surface area contributed by atoms with Crippen LogP contribution in [0.3, 0.4) is 0 Å². The Hall–Kier alpha value is -1.02. The first kappa shape index (κ1) is 12.0. The lowest BCUT2D eigenvalue weighted by molar-refractivity contribution is 0.218. The van der Waals surface area contributed by atoms with Crippen molar-refractivity contribution >= 4 is 0 Å². The van der Waals surface area contributed by atoms with E-state index in [1.54, 1.807) is 0 Å². The van der Waals surface area contributed by atoms with Gasteiger partial charge in [0.2, 0.25) is 0 Å². The fraction of sp³-hybridized carbons (Fsp3) is 0.625. The molecule has 98 valence electrons. The SMILES string of the molecule is c1cc2c(cc1OCC1CCCNC1)CCCC2. The van der Waals surface area contributed by atoms with Crippen molar-refractivity contribution in [1.82, 2.24) is 5.32 Å². The average Bonchev–Trinajstić information content (AvgIpc) is 2.46. The maximum Gasteiger partial charge on any atom is 0.119 e. The molecule has 0 radical (unpaired) electrons. The van der Waals surface area contributed by atoms with Gasteiger partial charge in [0, 0.05) is 12.5 Å². The van der Waals surface area contributed by atoms with Gasteiger partial charge >= 0.3 is 0 Å². The Kier molecular flexibility index (Phi) is 3.84. The summed E-state index contributed by atoms with van der Waals surface area (Å²) in [5.74, 6) is 1.76. The highest BCUT2D eigenvalue weighted by Crippen LogP contribution is 2.25. The minimum absolute atomic E-state index is 0.690. The van der Waals surface area contributed by atoms with Gasteiger partial charge in [-0.15, -0.1) is 0 Å². The molecule has 2 heteroatoms. The zero-order valence-electron chi connectivity index (χ0n) is 11.1. The van der Waals surface area contributed by atoms with E-state index in [0.717, 1.165) is 18.9 Å². The van der Waals surface area contributed by atoms with Gasteiger partial charge in [-0.2, -0.15) is 0 Å². The third kappa shape index (κ3) is 2.86. The molecule has 1 unspecified atom stereocenters. The topological polar surface area (TPSA) is 21.3 Å². The molecule has 18 heavy (non-hydrogen) atoms. The summed E-state index contributed by atoms with van der Waals surface area (Å²) < 4.78 is 5.97. The molecular weight excluding hydrogens is 222 g/mol. The molecule has 2 aliphatic rings. The van der Waals surface area contributed by atoms with Gasteiger partial charge in [-0.05, 0) is 68.3 Å². The first-order chi connectivity index (χ1) is 8.92. The third-order valence-electron chi connectivity index (χ3n) is 4.20. The second-order valence-corrected chi connectivity index (χ2v) is 5.66. The van der Waals surface area contributed by atoms with Crippen LogP contribution in [0.1, 0.15) is 36.8 Å². The van der Waals surface area contributed by atoms with Crippen molar-refractivity contribution in [2.45, 2.75) is 38.5 Å². The van der Waals surface area contributed by atoms with E-state index in [1.165, 1.54) is 56.2 Å². The van der Waals surface area contributed by atoms with Crippen LogP contribution in [0.5, 0.6) is 5.75 Å². The van der Waals surface area contributed by atoms with Crippen LogP contribution in [0.25, 0.3) is 0 Å². The molecule has 1 aromatic carbocycles. The van der Waals surface area contributed by atoms with Gasteiger partial charge in [0.1, 0.15) is 5.75 Å². The van der Waals surface area contributed by atoms with E-state index in [9.17, 15) is 0 Å². The molecule has 1 aliphatic heterocycles. The highest BCUT2D eigenvalue weighted by Gasteiger charge is 2.14. The number of fused-ring (bicyclic) bond motifs is 1. The van der Waals surface area contributed by atoms with Crippen LogP contribution in [-0.4, -0.2) is 19.7 Å². The second kappa shape index (κ2) is 5.75. The Labute approximate surface area is 110 Å². The molecule has 1 atom stereocenters. The van der Waals surface area contributed by atoms with E-state index in [4.69, 9.17) is 4.74 Å². The van der Waals surface area contributed by atoms with Crippen LogP contribution in [0.2, 0.25) is 0 Å². The molecule has 3 rings (SSSR count). The lowest BCUT2D eigenvalue weighted by atomic mass is 9.92. The summed E-state index contributed by atoms with van der Waals surface area (Å²) in [6.45, 7) is 3.16. The van der Waals surface area contributed by atoms with Crippen molar-refractivity contribution in [3.05, 3.63) is 29.3 Å². The number of benzene rings is 1. The smallest absolute Gasteiger partial charge is 0.119 e. The van der Waals surface area contributed by atoms with Crippen molar-refractivity contribution in [2.75, 3.05) is 19.7 Å². The van der Waals surface area contributed by atoms with Crippen molar-refractivity contribution in [3.63, 3.8) is 0 Å². The van der Waals surface area contributed by atoms with E-state index < -0.39 is 0 Å². The summed E-state index contributed by atoms with van der Waals surface area (Å²) in [5, 5.41) is 3.44. The zero-order valence-corrected chi connectivity index (χ0v) is 11.1. The maximum atomic E-state index is 5.97. The Bertz CT molecular complexity index is 396. The number of hydrogen-bond donors (Lipinski definition) is 1. The van der Waals surface area contributed by atoms with E-state index >= 15 is 0 Å². The summed E-state index contributed by atoms with van der Waals surface area (Å²) >= 11 is 0. The molecule has 1 heterocycles. The van der Waals surface area contributed by atoms with E-state index in [1.807, 2.05) is 0 Å². The van der Waals surface area contributed by atoms with Gasteiger partial charge in [0.05, 0.1) is 6.61 Å². The maximum absolute atomic E-state index is 5.97. The largest absolute Gasteiger partial charge is 0.493 e. The zero-order chi connectivity index (χ0) is 12.2. The molecular formula is C16H23NO. The Morgan fingerprint density at radius 2 is 2.00 bits per heavy atom. The number of nitrogens with one attached hydrogen (secondary N) is 1. The molecule has 2 nitrogen and oxygen atoms in total. The molecule has 1 saturated heterocycles. The summed E-state index contributed by atoms with van der Waals surface area (Å²) in [7, 11) is 0. The summed E-state index contributed by atoms with van der Waals surface area (Å²) in [6, 6.07) is 6.69. The van der Waals surface area contributed by atoms with Gasteiger partial charge in [-0.25, -0.2) is 0 Å². The summed E-state index contributed by atoms with van der Waals surface area (Å²) in [4.78, 5) is 0. The lowest BCUT2D eigenvalue weighted by Crippen LogP contribution is -2.33. The van der Waals surface area contributed by atoms with Crippen LogP contribution < -0.4 is 10.1 Å². The Morgan fingerprint density at radius 3 is 2.83 bits per heavy atom. The second-order valence-electron chi connectivity index (χ2n) is 5.66. The van der Waals surface area contributed by atoms with Crippen LogP contribution in [0.4, 0.5) is 0 Å². The molecule has 0 bridgehead atoms. The van der Waals surface area contributed by atoms with Gasteiger partial charge in [-0.1, -0.05) is 6.07 Å². The molecule has 0 saturated carbocycles. The normalized spacial score (nSPS) is 23.4. The minimum Gasteiger partial charge on any atom is -0.493 e. The van der Waals surface area contributed by atoms with Crippen molar-refractivity contribution in [1.29, 1.82) is 0 Å². The van der Waals surface area contributed by atoms with Crippen LogP contribution >= 0.6 is 0 Å². The summed E-state index contributed by atoms with van der Waals surface area (Å²) in [5.41, 5.74) is 3.05. The van der Waals surface area contributed by atoms with E-state index in [0.29, 0.717) is 5.92 Å². The molecule has 0 aromatic heterocycles. The van der Waals surface area contributed by atoms with Gasteiger partial charge in [0.25, 0.3) is 0 Å². The minimum atomic E-state index is 0.690. The van der Waals surface area contributed by atoms with Gasteiger partial charge in [-0.3, -0.25) is 0 Å². The molecule has 0 spiro atoms. The first-order valence-electron chi connectivity index (χ1n) is 7.37. The Balaban J connectivity index is 1.58. The van der Waals surface area contributed by atoms with Crippen molar-refractivity contribution in [2.24, 2.45) is 5.92 Å². The van der Waals surface area contributed by atoms with E-state index in [2.05, 4.69) is 23.5 Å². The van der Waals surface area contributed by atoms with Gasteiger partial charge < -0.3 is 10.1 Å². The monoisotopic (exact) mass is 245 g/mol. The summed E-state index contributed by atoms with van der Waals surface area (Å²) in [6.07, 6.45) is 7.76. The van der Waals surface area contributed by atoms with Gasteiger partial charge in [0.15, 0.2) is 0 Å². The number of aryl methyl sites for hydroxylation is 2. The lowest BCUT2D eigenvalue weighted by Gasteiger charge is -2.23. The number of hydrogen-bond acceptors (Lipinski definition) is 2. The standard InChI is InChI=1S/C16H23NO/c1-2-6-15-10-16(8-7-14(15)5-1)18-12-13-4-3-9-17-11-13/h7-8,10,13,17H,1-6,9,11-12H2. The third-order valence-corrected chi connectivity index (χ3v) is 4.20. The fourth-order valence-electron chi connectivity index (χ4n) is 3.08. The fourth-order valence-corrected chi connectivity index (χ4v) is 3.08. The molecule has 1 fully saturated rings. The van der Waals surface area contributed by atoms with Crippen LogP contribution in [-0.2, 0) is 12.8 Å². The molecule has 1 aromatic rings. The highest BCUT2D eigenvalue weighted by molar-refractivity contribution is 5.37. The van der Waals surface area contributed by atoms with E-state index in [-0.39, 0.29) is 0 Å². The Morgan fingerprint density at radius 1 is 1.11 bits per heavy atom. The molecule has 1 N–H and O–H groups in total. The molecule has 1 aliphatic carbocycles. The number of ether oxygens (including phenoxy) is 1. The van der Waals surface area contributed by atoms with Crippen molar-refractivity contribution in [3.8, 4) is 5.75 Å². The van der Waals surface area contributed by atoms with Crippen molar-refractivity contribution < 1.29 is 4.74 Å². The quantitative estimate of drug-likeness (QED) is 0.884. The number of piperidine rings is 1. The molecule has 0 amide bonds. The average molecular weight is 245 g/mol. The van der Waals surface area contributed by atoms with Crippen LogP contribution in [0.15, 0.2) is 18.2 Å². The highest BCUT2D eigenvalue weighted by atomic mass is 16.5.